The molecule has 0 aromatic heterocycles. The topological polar surface area (TPSA) is 38.8 Å². The highest BCUT2D eigenvalue weighted by Gasteiger charge is 2.69. The molecule has 2 saturated heterocycles. The largest absolute Gasteiger partial charge is 0.481 e. The van der Waals surface area contributed by atoms with Gasteiger partial charge in [0.15, 0.2) is 0 Å². The summed E-state index contributed by atoms with van der Waals surface area (Å²) in [5, 5.41) is 0. The summed E-state index contributed by atoms with van der Waals surface area (Å²) in [5.74, 6) is 0.329. The van der Waals surface area contributed by atoms with Crippen molar-refractivity contribution >= 4 is 13.0 Å². The Kier molecular flexibility index (Phi) is 3.80. The van der Waals surface area contributed by atoms with Crippen molar-refractivity contribution in [2.45, 2.75) is 64.1 Å². The number of carbonyl (C=O) groups is 1. The van der Waals surface area contributed by atoms with E-state index in [0.717, 1.165) is 19.3 Å². The van der Waals surface area contributed by atoms with Gasteiger partial charge in [0, 0.05) is 6.54 Å². The van der Waals surface area contributed by atoms with Crippen LogP contribution in [0.25, 0.3) is 0 Å². The van der Waals surface area contributed by atoms with Gasteiger partial charge in [-0.15, -0.1) is 0 Å². The van der Waals surface area contributed by atoms with Gasteiger partial charge < -0.3 is 14.2 Å². The van der Waals surface area contributed by atoms with Crippen molar-refractivity contribution in [3.05, 3.63) is 35.6 Å². The van der Waals surface area contributed by atoms with Crippen molar-refractivity contribution < 1.29 is 18.5 Å². The molecule has 2 bridgehead atoms. The third-order valence-electron chi connectivity index (χ3n) is 7.95. The van der Waals surface area contributed by atoms with Crippen molar-refractivity contribution in [1.29, 1.82) is 0 Å². The molecule has 5 atom stereocenters. The second-order valence-electron chi connectivity index (χ2n) is 9.53. The predicted octanol–water partition coefficient (Wildman–Crippen LogP) is 3.70. The summed E-state index contributed by atoms with van der Waals surface area (Å²) in [6, 6.07) is 6.21. The number of rotatable bonds is 2. The molecule has 0 spiro atoms. The Morgan fingerprint density at radius 1 is 1.26 bits per heavy atom. The maximum Gasteiger partial charge on any atom is 0.481 e. The highest BCUT2D eigenvalue weighted by atomic mass is 19.1. The molecule has 5 aliphatic rings. The molecule has 3 saturated carbocycles. The Bertz CT molecular complexity index is 786. The molecule has 1 amide bonds. The summed E-state index contributed by atoms with van der Waals surface area (Å²) in [5.41, 5.74) is 0.148. The van der Waals surface area contributed by atoms with Crippen LogP contribution in [0, 0.1) is 23.1 Å². The molecule has 1 aromatic rings. The number of halogens is 1. The Morgan fingerprint density at radius 3 is 2.78 bits per heavy atom. The van der Waals surface area contributed by atoms with E-state index in [9.17, 15) is 9.18 Å². The van der Waals surface area contributed by atoms with Crippen molar-refractivity contribution in [1.82, 2.24) is 4.90 Å². The van der Waals surface area contributed by atoms with Gasteiger partial charge in [0.1, 0.15) is 5.82 Å². The number of likely N-dealkylation sites (tertiary alicyclic amines) is 1. The van der Waals surface area contributed by atoms with E-state index in [4.69, 9.17) is 9.31 Å². The van der Waals surface area contributed by atoms with Gasteiger partial charge in [-0.05, 0) is 62.0 Å². The van der Waals surface area contributed by atoms with E-state index in [1.54, 1.807) is 23.1 Å². The maximum absolute atomic E-state index is 14.1. The third kappa shape index (κ3) is 2.39. The molecule has 0 radical (unpaired) electrons. The van der Waals surface area contributed by atoms with Gasteiger partial charge in [-0.1, -0.05) is 26.0 Å². The van der Waals surface area contributed by atoms with Gasteiger partial charge in [-0.2, -0.15) is 0 Å². The third-order valence-corrected chi connectivity index (χ3v) is 7.95. The summed E-state index contributed by atoms with van der Waals surface area (Å²) in [6.45, 7) is 7.50. The lowest BCUT2D eigenvalue weighted by molar-refractivity contribution is -0.199. The highest BCUT2D eigenvalue weighted by Crippen LogP contribution is 2.65. The molecule has 2 heterocycles. The molecular formula is C21H27BFNO3. The van der Waals surface area contributed by atoms with Gasteiger partial charge in [0.25, 0.3) is 5.91 Å². The molecule has 27 heavy (non-hydrogen) atoms. The Hall–Kier alpha value is -1.40. The molecule has 2 aliphatic heterocycles. The number of nitrogens with zero attached hydrogens (tertiary/aromatic N) is 1. The minimum atomic E-state index is -0.468. The first-order chi connectivity index (χ1) is 12.8. The number of benzene rings is 1. The van der Waals surface area contributed by atoms with Crippen LogP contribution in [0.15, 0.2) is 24.3 Å². The summed E-state index contributed by atoms with van der Waals surface area (Å²) in [7, 11) is -0.409. The summed E-state index contributed by atoms with van der Waals surface area (Å²) in [4.78, 5) is 14.7. The SMILES string of the molecule is CC1(C)C2CC3OB(C4CCCN4C(=O)c4ccccc4F)OC3(C)C1C2. The molecular weight excluding hydrogens is 344 g/mol. The Balaban J connectivity index is 1.38. The fourth-order valence-corrected chi connectivity index (χ4v) is 6.18. The van der Waals surface area contributed by atoms with Crippen LogP contribution in [0.2, 0.25) is 0 Å². The number of amides is 1. The van der Waals surface area contributed by atoms with Crippen molar-refractivity contribution in [2.24, 2.45) is 17.3 Å². The van der Waals surface area contributed by atoms with Crippen LogP contribution in [0.4, 0.5) is 4.39 Å². The lowest BCUT2D eigenvalue weighted by atomic mass is 9.43. The first kappa shape index (κ1) is 17.7. The minimum absolute atomic E-state index is 0.102. The van der Waals surface area contributed by atoms with E-state index >= 15 is 0 Å². The highest BCUT2D eigenvalue weighted by molar-refractivity contribution is 6.48. The van der Waals surface area contributed by atoms with Crippen LogP contribution in [0.5, 0.6) is 0 Å². The van der Waals surface area contributed by atoms with Crippen LogP contribution in [0.1, 0.15) is 56.8 Å². The average Bonchev–Trinajstić information content (AvgIpc) is 3.24. The van der Waals surface area contributed by atoms with Crippen LogP contribution in [-0.4, -0.2) is 42.1 Å². The second-order valence-corrected chi connectivity index (χ2v) is 9.53. The lowest BCUT2D eigenvalue weighted by Gasteiger charge is -2.64. The van der Waals surface area contributed by atoms with Gasteiger partial charge in [0.2, 0.25) is 0 Å². The first-order valence-electron chi connectivity index (χ1n) is 10.2. The fourth-order valence-electron chi connectivity index (χ4n) is 6.18. The molecule has 4 nitrogen and oxygen atoms in total. The van der Waals surface area contributed by atoms with Crippen molar-refractivity contribution in [2.75, 3.05) is 6.54 Å². The second kappa shape index (κ2) is 5.80. The number of carbonyl (C=O) groups excluding carboxylic acids is 1. The van der Waals surface area contributed by atoms with Crippen LogP contribution >= 0.6 is 0 Å². The fraction of sp³-hybridized carbons (Fsp3) is 0.667. The normalized spacial score (nSPS) is 39.3. The van der Waals surface area contributed by atoms with Gasteiger partial charge in [0.05, 0.1) is 23.2 Å². The van der Waals surface area contributed by atoms with E-state index in [1.807, 2.05) is 0 Å². The zero-order valence-corrected chi connectivity index (χ0v) is 16.3. The lowest BCUT2D eigenvalue weighted by Crippen LogP contribution is -2.65. The molecule has 5 fully saturated rings. The number of hydrogen-bond acceptors (Lipinski definition) is 3. The Morgan fingerprint density at radius 2 is 2.04 bits per heavy atom. The van der Waals surface area contributed by atoms with Crippen molar-refractivity contribution in [3.63, 3.8) is 0 Å². The summed E-state index contributed by atoms with van der Waals surface area (Å²) < 4.78 is 27.1. The van der Waals surface area contributed by atoms with Crippen LogP contribution in [-0.2, 0) is 9.31 Å². The molecule has 3 aliphatic carbocycles. The quantitative estimate of drug-likeness (QED) is 0.745. The zero-order chi connectivity index (χ0) is 19.0. The monoisotopic (exact) mass is 371 g/mol. The number of hydrogen-bond donors (Lipinski definition) is 0. The van der Waals surface area contributed by atoms with Gasteiger partial charge in [-0.3, -0.25) is 4.79 Å². The maximum atomic E-state index is 14.1. The Labute approximate surface area is 160 Å². The minimum Gasteiger partial charge on any atom is -0.404 e. The smallest absolute Gasteiger partial charge is 0.404 e. The predicted molar refractivity (Wildman–Crippen MR) is 101 cm³/mol. The zero-order valence-electron chi connectivity index (χ0n) is 16.3. The van der Waals surface area contributed by atoms with Crippen molar-refractivity contribution in [3.8, 4) is 0 Å². The molecule has 5 unspecified atom stereocenters. The molecule has 0 N–H and O–H groups in total. The molecule has 6 rings (SSSR count). The van der Waals surface area contributed by atoms with E-state index in [0.29, 0.717) is 23.8 Å². The standard InChI is InChI=1S/C21H27BFNO3/c1-20(2)13-11-16(20)21(3)17(12-13)26-22(27-21)18-9-6-10-24(18)19(25)14-7-4-5-8-15(14)23/h4-5,7-8,13,16-18H,6,9-12H2,1-3H3. The van der Waals surface area contributed by atoms with Crippen LogP contribution < -0.4 is 0 Å². The molecule has 144 valence electrons. The summed E-state index contributed by atoms with van der Waals surface area (Å²) >= 11 is 0. The van der Waals surface area contributed by atoms with Gasteiger partial charge in [-0.25, -0.2) is 4.39 Å². The van der Waals surface area contributed by atoms with E-state index in [-0.39, 0.29) is 29.1 Å². The van der Waals surface area contributed by atoms with E-state index < -0.39 is 12.9 Å². The first-order valence-corrected chi connectivity index (χ1v) is 10.2. The van der Waals surface area contributed by atoms with E-state index in [2.05, 4.69) is 20.8 Å². The molecule has 6 heteroatoms. The van der Waals surface area contributed by atoms with Gasteiger partial charge >= 0.3 is 7.12 Å². The summed E-state index contributed by atoms with van der Waals surface area (Å²) in [6.07, 6.45) is 4.08. The van der Waals surface area contributed by atoms with Crippen LogP contribution in [0.3, 0.4) is 0 Å². The average molecular weight is 371 g/mol. The van der Waals surface area contributed by atoms with E-state index in [1.165, 1.54) is 12.5 Å². The molecule has 1 aromatic carbocycles.